The van der Waals surface area contributed by atoms with Crippen LogP contribution in [0.2, 0.25) is 0 Å². The molecule has 7 heteroatoms. The van der Waals surface area contributed by atoms with E-state index in [1.807, 2.05) is 36.5 Å². The molecule has 4 rings (SSSR count). The zero-order chi connectivity index (χ0) is 19.5. The number of methoxy groups -OCH3 is 1. The van der Waals surface area contributed by atoms with E-state index in [0.717, 1.165) is 22.4 Å². The summed E-state index contributed by atoms with van der Waals surface area (Å²) in [6.45, 7) is 1.43. The van der Waals surface area contributed by atoms with Gasteiger partial charge in [-0.05, 0) is 60.7 Å². The first-order chi connectivity index (χ1) is 13.7. The maximum atomic E-state index is 5.76. The second kappa shape index (κ2) is 8.43. The quantitative estimate of drug-likeness (QED) is 0.554. The Morgan fingerprint density at radius 3 is 2.68 bits per heavy atom. The van der Waals surface area contributed by atoms with Crippen LogP contribution in [-0.4, -0.2) is 28.4 Å². The molecule has 0 aliphatic carbocycles. The molecular formula is C21H21BrN4OS. The summed E-state index contributed by atoms with van der Waals surface area (Å²) in [6.07, 6.45) is 3.91. The maximum Gasteiger partial charge on any atom is 0.174 e. The summed E-state index contributed by atoms with van der Waals surface area (Å²) in [5.74, 6) is 0. The van der Waals surface area contributed by atoms with Gasteiger partial charge in [0.2, 0.25) is 0 Å². The number of anilines is 1. The Bertz CT molecular complexity index is 945. The van der Waals surface area contributed by atoms with E-state index in [4.69, 9.17) is 17.0 Å². The van der Waals surface area contributed by atoms with Gasteiger partial charge >= 0.3 is 0 Å². The molecule has 1 aromatic carbocycles. The largest absolute Gasteiger partial charge is 0.383 e. The molecule has 0 bridgehead atoms. The number of hydrogen-bond acceptors (Lipinski definition) is 3. The summed E-state index contributed by atoms with van der Waals surface area (Å²) in [5, 5.41) is 4.19. The van der Waals surface area contributed by atoms with Gasteiger partial charge in [0.15, 0.2) is 5.11 Å². The molecule has 5 nitrogen and oxygen atoms in total. The number of pyridine rings is 1. The van der Waals surface area contributed by atoms with E-state index in [-0.39, 0.29) is 12.1 Å². The molecule has 1 aliphatic heterocycles. The van der Waals surface area contributed by atoms with Gasteiger partial charge in [0.25, 0.3) is 0 Å². The Morgan fingerprint density at radius 2 is 1.96 bits per heavy atom. The number of benzene rings is 1. The molecule has 1 N–H and O–H groups in total. The Hall–Kier alpha value is -2.22. The minimum absolute atomic E-state index is 0.0181. The number of aromatic nitrogens is 2. The highest BCUT2D eigenvalue weighted by Gasteiger charge is 2.41. The lowest BCUT2D eigenvalue weighted by Gasteiger charge is -2.29. The van der Waals surface area contributed by atoms with Crippen LogP contribution in [0.1, 0.15) is 23.5 Å². The fraction of sp³-hybridized carbons (Fsp3) is 0.238. The SMILES string of the molecule is COCCn1cccc1C1C(c2ccccn2)NC(=S)N1c1ccc(Br)cc1. The molecule has 1 saturated heterocycles. The smallest absolute Gasteiger partial charge is 0.174 e. The normalized spacial score (nSPS) is 19.1. The molecule has 1 aliphatic rings. The molecule has 2 atom stereocenters. The van der Waals surface area contributed by atoms with Crippen molar-refractivity contribution in [1.82, 2.24) is 14.9 Å². The van der Waals surface area contributed by atoms with Gasteiger partial charge in [-0.2, -0.15) is 0 Å². The summed E-state index contributed by atoms with van der Waals surface area (Å²) in [4.78, 5) is 6.78. The van der Waals surface area contributed by atoms with E-state index in [1.54, 1.807) is 7.11 Å². The highest BCUT2D eigenvalue weighted by atomic mass is 79.9. The first-order valence-electron chi connectivity index (χ1n) is 9.09. The zero-order valence-corrected chi connectivity index (χ0v) is 17.9. The summed E-state index contributed by atoms with van der Waals surface area (Å²) in [5.41, 5.74) is 3.18. The molecule has 0 radical (unpaired) electrons. The number of rotatable bonds is 6. The second-order valence-electron chi connectivity index (χ2n) is 6.59. The molecule has 0 amide bonds. The zero-order valence-electron chi connectivity index (χ0n) is 15.5. The number of nitrogens with one attached hydrogen (secondary N) is 1. The first kappa shape index (κ1) is 19.1. The van der Waals surface area contributed by atoms with Crippen LogP contribution >= 0.6 is 28.1 Å². The van der Waals surface area contributed by atoms with Gasteiger partial charge in [0, 0.05) is 41.9 Å². The molecule has 3 aromatic rings. The topological polar surface area (TPSA) is 42.3 Å². The highest BCUT2D eigenvalue weighted by molar-refractivity contribution is 9.10. The van der Waals surface area contributed by atoms with E-state index in [1.165, 1.54) is 5.69 Å². The van der Waals surface area contributed by atoms with Crippen LogP contribution in [-0.2, 0) is 11.3 Å². The minimum Gasteiger partial charge on any atom is -0.383 e. The second-order valence-corrected chi connectivity index (χ2v) is 7.89. The van der Waals surface area contributed by atoms with Crippen LogP contribution in [0.15, 0.2) is 71.5 Å². The number of halogens is 1. The van der Waals surface area contributed by atoms with Crippen molar-refractivity contribution in [1.29, 1.82) is 0 Å². The van der Waals surface area contributed by atoms with Crippen LogP contribution < -0.4 is 10.2 Å². The third-order valence-corrected chi connectivity index (χ3v) is 5.75. The van der Waals surface area contributed by atoms with Crippen molar-refractivity contribution in [2.45, 2.75) is 18.6 Å². The fourth-order valence-electron chi connectivity index (χ4n) is 3.62. The lowest BCUT2D eigenvalue weighted by Crippen LogP contribution is -2.30. The molecule has 1 fully saturated rings. The number of hydrogen-bond donors (Lipinski definition) is 1. The average Bonchev–Trinajstić information content (AvgIpc) is 3.31. The molecule has 28 heavy (non-hydrogen) atoms. The molecule has 2 aromatic heterocycles. The van der Waals surface area contributed by atoms with Crippen LogP contribution in [0.4, 0.5) is 5.69 Å². The molecular weight excluding hydrogens is 436 g/mol. The highest BCUT2D eigenvalue weighted by Crippen LogP contribution is 2.41. The van der Waals surface area contributed by atoms with E-state index < -0.39 is 0 Å². The first-order valence-corrected chi connectivity index (χ1v) is 10.3. The van der Waals surface area contributed by atoms with Crippen molar-refractivity contribution in [3.8, 4) is 0 Å². The molecule has 0 spiro atoms. The van der Waals surface area contributed by atoms with Gasteiger partial charge in [0.1, 0.15) is 6.04 Å². The summed E-state index contributed by atoms with van der Waals surface area (Å²) in [6, 6.07) is 18.4. The third kappa shape index (κ3) is 3.70. The Morgan fingerprint density at radius 1 is 1.14 bits per heavy atom. The van der Waals surface area contributed by atoms with E-state index in [2.05, 4.69) is 66.2 Å². The van der Waals surface area contributed by atoms with Gasteiger partial charge in [-0.25, -0.2) is 0 Å². The summed E-state index contributed by atoms with van der Waals surface area (Å²) >= 11 is 9.27. The maximum absolute atomic E-state index is 5.76. The van der Waals surface area contributed by atoms with E-state index >= 15 is 0 Å². The van der Waals surface area contributed by atoms with Gasteiger partial charge < -0.3 is 19.5 Å². The predicted molar refractivity (Wildman–Crippen MR) is 118 cm³/mol. The van der Waals surface area contributed by atoms with Crippen molar-refractivity contribution in [2.75, 3.05) is 18.6 Å². The predicted octanol–water partition coefficient (Wildman–Crippen LogP) is 4.47. The van der Waals surface area contributed by atoms with Gasteiger partial charge in [-0.1, -0.05) is 22.0 Å². The minimum atomic E-state index is -0.0476. The van der Waals surface area contributed by atoms with Crippen LogP contribution in [0, 0.1) is 0 Å². The molecule has 0 saturated carbocycles. The van der Waals surface area contributed by atoms with Gasteiger partial charge in [-0.15, -0.1) is 0 Å². The Balaban J connectivity index is 1.80. The van der Waals surface area contributed by atoms with Gasteiger partial charge in [-0.3, -0.25) is 4.98 Å². The standard InChI is InChI=1S/C21H21BrN4OS/c1-27-14-13-25-12-4-6-18(25)20-19(17-5-2-3-11-23-17)24-21(28)26(20)16-9-7-15(22)8-10-16/h2-12,19-20H,13-14H2,1H3,(H,24,28). The van der Waals surface area contributed by atoms with Crippen molar-refractivity contribution < 1.29 is 4.74 Å². The molecule has 3 heterocycles. The van der Waals surface area contributed by atoms with Crippen molar-refractivity contribution in [3.05, 3.63) is 82.9 Å². The number of thiocarbonyl (C=S) groups is 1. The Kier molecular flexibility index (Phi) is 5.75. The van der Waals surface area contributed by atoms with Crippen LogP contribution in [0.3, 0.4) is 0 Å². The Labute approximate surface area is 178 Å². The van der Waals surface area contributed by atoms with Crippen molar-refractivity contribution >= 4 is 38.9 Å². The van der Waals surface area contributed by atoms with Gasteiger partial charge in [0.05, 0.1) is 18.3 Å². The third-order valence-electron chi connectivity index (χ3n) is 4.91. The lowest BCUT2D eigenvalue weighted by atomic mass is 10.0. The average molecular weight is 457 g/mol. The fourth-order valence-corrected chi connectivity index (χ4v) is 4.23. The monoisotopic (exact) mass is 456 g/mol. The van der Waals surface area contributed by atoms with Crippen molar-refractivity contribution in [3.63, 3.8) is 0 Å². The lowest BCUT2D eigenvalue weighted by molar-refractivity contribution is 0.186. The van der Waals surface area contributed by atoms with Crippen molar-refractivity contribution in [2.24, 2.45) is 0 Å². The number of ether oxygens (including phenoxy) is 1. The molecule has 144 valence electrons. The van der Waals surface area contributed by atoms with E-state index in [0.29, 0.717) is 11.7 Å². The van der Waals surface area contributed by atoms with Crippen LogP contribution in [0.5, 0.6) is 0 Å². The number of nitrogens with zero attached hydrogens (tertiary/aromatic N) is 3. The van der Waals surface area contributed by atoms with E-state index in [9.17, 15) is 0 Å². The van der Waals surface area contributed by atoms with Crippen LogP contribution in [0.25, 0.3) is 0 Å². The summed E-state index contributed by atoms with van der Waals surface area (Å²) in [7, 11) is 1.72. The molecule has 2 unspecified atom stereocenters. The summed E-state index contributed by atoms with van der Waals surface area (Å²) < 4.78 is 8.56.